The molecule has 1 N–H and O–H groups in total. The Hall–Kier alpha value is -2.69. The topological polar surface area (TPSA) is 46.1 Å². The molecule has 5 heteroatoms. The van der Waals surface area contributed by atoms with Crippen LogP contribution in [0.25, 0.3) is 0 Å². The normalized spacial score (nSPS) is 11.2. The maximum atomic E-state index is 5.27. The predicted molar refractivity (Wildman–Crippen MR) is 107 cm³/mol. The minimum absolute atomic E-state index is 0.791. The summed E-state index contributed by atoms with van der Waals surface area (Å²) in [5.74, 6) is 2.67. The molecular weight excluding hydrogens is 326 g/mol. The van der Waals surface area contributed by atoms with Crippen molar-refractivity contribution in [3.63, 3.8) is 0 Å². The molecular formula is C21H29N3O2. The van der Waals surface area contributed by atoms with E-state index in [2.05, 4.69) is 39.5 Å². The molecule has 0 spiro atoms. The highest BCUT2D eigenvalue weighted by Crippen LogP contribution is 2.14. The quantitative estimate of drug-likeness (QED) is 0.448. The van der Waals surface area contributed by atoms with E-state index >= 15 is 0 Å². The molecule has 0 saturated heterocycles. The molecule has 5 nitrogen and oxygen atoms in total. The van der Waals surface area contributed by atoms with Gasteiger partial charge in [0, 0.05) is 27.2 Å². The van der Waals surface area contributed by atoms with Crippen LogP contribution < -0.4 is 14.8 Å². The SMILES string of the molecule is CN=C(NCCCc1cccc(OC)c1)N(C)Cc1ccc(OC)cc1. The van der Waals surface area contributed by atoms with Crippen molar-refractivity contribution in [3.8, 4) is 11.5 Å². The van der Waals surface area contributed by atoms with Crippen molar-refractivity contribution in [2.75, 3.05) is 34.9 Å². The van der Waals surface area contributed by atoms with Gasteiger partial charge in [-0.3, -0.25) is 4.99 Å². The summed E-state index contributed by atoms with van der Waals surface area (Å²) in [5, 5.41) is 3.43. The number of aryl methyl sites for hydroxylation is 1. The fourth-order valence-electron chi connectivity index (χ4n) is 2.79. The van der Waals surface area contributed by atoms with Crippen LogP contribution in [-0.2, 0) is 13.0 Å². The van der Waals surface area contributed by atoms with Gasteiger partial charge in [0.05, 0.1) is 14.2 Å². The molecule has 2 aromatic carbocycles. The van der Waals surface area contributed by atoms with Crippen molar-refractivity contribution in [1.82, 2.24) is 10.2 Å². The molecule has 0 fully saturated rings. The number of hydrogen-bond donors (Lipinski definition) is 1. The second-order valence-corrected chi connectivity index (χ2v) is 6.13. The van der Waals surface area contributed by atoms with Crippen LogP contribution >= 0.6 is 0 Å². The van der Waals surface area contributed by atoms with E-state index in [-0.39, 0.29) is 0 Å². The third-order valence-electron chi connectivity index (χ3n) is 4.21. The highest BCUT2D eigenvalue weighted by molar-refractivity contribution is 5.79. The van der Waals surface area contributed by atoms with Crippen molar-refractivity contribution >= 4 is 5.96 Å². The molecule has 2 rings (SSSR count). The number of benzene rings is 2. The summed E-state index contributed by atoms with van der Waals surface area (Å²) >= 11 is 0. The van der Waals surface area contributed by atoms with Gasteiger partial charge in [0.15, 0.2) is 5.96 Å². The number of guanidine groups is 1. The van der Waals surface area contributed by atoms with Gasteiger partial charge in [-0.15, -0.1) is 0 Å². The minimum atomic E-state index is 0.791. The number of ether oxygens (including phenoxy) is 2. The van der Waals surface area contributed by atoms with E-state index in [0.29, 0.717) is 0 Å². The second kappa shape index (κ2) is 10.3. The molecule has 140 valence electrons. The summed E-state index contributed by atoms with van der Waals surface area (Å²) in [7, 11) is 7.23. The van der Waals surface area contributed by atoms with Crippen molar-refractivity contribution in [2.45, 2.75) is 19.4 Å². The Morgan fingerprint density at radius 2 is 1.73 bits per heavy atom. The molecule has 0 atom stereocenters. The molecule has 0 aliphatic heterocycles. The lowest BCUT2D eigenvalue weighted by Gasteiger charge is -2.22. The van der Waals surface area contributed by atoms with E-state index in [4.69, 9.17) is 9.47 Å². The zero-order valence-corrected chi connectivity index (χ0v) is 16.2. The first-order chi connectivity index (χ1) is 12.7. The van der Waals surface area contributed by atoms with Gasteiger partial charge in [-0.05, 0) is 48.2 Å². The van der Waals surface area contributed by atoms with Crippen molar-refractivity contribution in [2.24, 2.45) is 4.99 Å². The lowest BCUT2D eigenvalue weighted by molar-refractivity contribution is 0.414. The van der Waals surface area contributed by atoms with Crippen LogP contribution in [0, 0.1) is 0 Å². The van der Waals surface area contributed by atoms with E-state index in [1.807, 2.05) is 38.4 Å². The fraction of sp³-hybridized carbons (Fsp3) is 0.381. The van der Waals surface area contributed by atoms with E-state index < -0.39 is 0 Å². The number of rotatable bonds is 8. The largest absolute Gasteiger partial charge is 0.497 e. The number of nitrogens with one attached hydrogen (secondary N) is 1. The Balaban J connectivity index is 1.78. The number of aliphatic imine (C=N–C) groups is 1. The van der Waals surface area contributed by atoms with E-state index in [9.17, 15) is 0 Å². The van der Waals surface area contributed by atoms with Gasteiger partial charge in [0.1, 0.15) is 11.5 Å². The third-order valence-corrected chi connectivity index (χ3v) is 4.21. The molecule has 0 heterocycles. The summed E-state index contributed by atoms with van der Waals surface area (Å²) in [5.41, 5.74) is 2.50. The lowest BCUT2D eigenvalue weighted by atomic mass is 10.1. The van der Waals surface area contributed by atoms with Gasteiger partial charge in [-0.1, -0.05) is 24.3 Å². The molecule has 0 bridgehead atoms. The van der Waals surface area contributed by atoms with Crippen LogP contribution in [0.3, 0.4) is 0 Å². The summed E-state index contributed by atoms with van der Waals surface area (Å²) in [6.07, 6.45) is 2.03. The van der Waals surface area contributed by atoms with Crippen LogP contribution in [0.4, 0.5) is 0 Å². The molecule has 0 aliphatic carbocycles. The smallest absolute Gasteiger partial charge is 0.193 e. The average molecular weight is 355 g/mol. The van der Waals surface area contributed by atoms with E-state index in [0.717, 1.165) is 43.4 Å². The standard InChI is InChI=1S/C21H29N3O2/c1-22-21(24(2)16-18-10-12-19(25-3)13-11-18)23-14-6-8-17-7-5-9-20(15-17)26-4/h5,7,9-13,15H,6,8,14,16H2,1-4H3,(H,22,23). The summed E-state index contributed by atoms with van der Waals surface area (Å²) in [4.78, 5) is 6.49. The Morgan fingerprint density at radius 1 is 1.00 bits per heavy atom. The van der Waals surface area contributed by atoms with Crippen molar-refractivity contribution in [3.05, 3.63) is 59.7 Å². The first-order valence-electron chi connectivity index (χ1n) is 8.84. The highest BCUT2D eigenvalue weighted by atomic mass is 16.5. The highest BCUT2D eigenvalue weighted by Gasteiger charge is 2.06. The Morgan fingerprint density at radius 3 is 2.38 bits per heavy atom. The summed E-state index contributed by atoms with van der Waals surface area (Å²) < 4.78 is 10.5. The van der Waals surface area contributed by atoms with Crippen molar-refractivity contribution < 1.29 is 9.47 Å². The number of methoxy groups -OCH3 is 2. The first-order valence-corrected chi connectivity index (χ1v) is 8.84. The maximum Gasteiger partial charge on any atom is 0.193 e. The molecule has 0 saturated carbocycles. The first kappa shape index (κ1) is 19.6. The zero-order chi connectivity index (χ0) is 18.8. The molecule has 2 aromatic rings. The second-order valence-electron chi connectivity index (χ2n) is 6.13. The average Bonchev–Trinajstić information content (AvgIpc) is 2.68. The van der Waals surface area contributed by atoms with E-state index in [1.54, 1.807) is 14.2 Å². The van der Waals surface area contributed by atoms with Gasteiger partial charge in [-0.2, -0.15) is 0 Å². The fourth-order valence-corrected chi connectivity index (χ4v) is 2.79. The van der Waals surface area contributed by atoms with Crippen LogP contribution in [0.2, 0.25) is 0 Å². The van der Waals surface area contributed by atoms with Crippen LogP contribution in [-0.4, -0.2) is 45.7 Å². The molecule has 0 radical (unpaired) electrons. The monoisotopic (exact) mass is 355 g/mol. The Kier molecular flexibility index (Phi) is 7.80. The summed E-state index contributed by atoms with van der Waals surface area (Å²) in [6.45, 7) is 1.66. The zero-order valence-electron chi connectivity index (χ0n) is 16.2. The van der Waals surface area contributed by atoms with Gasteiger partial charge in [0.2, 0.25) is 0 Å². The summed E-state index contributed by atoms with van der Waals surface area (Å²) in [6, 6.07) is 16.3. The minimum Gasteiger partial charge on any atom is -0.497 e. The third kappa shape index (κ3) is 5.99. The maximum absolute atomic E-state index is 5.27. The van der Waals surface area contributed by atoms with Gasteiger partial charge >= 0.3 is 0 Å². The lowest BCUT2D eigenvalue weighted by Crippen LogP contribution is -2.39. The predicted octanol–water partition coefficient (Wildman–Crippen LogP) is 3.34. The number of nitrogens with zero attached hydrogens (tertiary/aromatic N) is 2. The molecule has 0 aromatic heterocycles. The molecule has 0 amide bonds. The van der Waals surface area contributed by atoms with Crippen molar-refractivity contribution in [1.29, 1.82) is 0 Å². The molecule has 0 unspecified atom stereocenters. The van der Waals surface area contributed by atoms with Gasteiger partial charge < -0.3 is 19.7 Å². The van der Waals surface area contributed by atoms with E-state index in [1.165, 1.54) is 11.1 Å². The molecule has 0 aliphatic rings. The van der Waals surface area contributed by atoms with Crippen LogP contribution in [0.15, 0.2) is 53.5 Å². The van der Waals surface area contributed by atoms with Crippen LogP contribution in [0.5, 0.6) is 11.5 Å². The molecule has 26 heavy (non-hydrogen) atoms. The van der Waals surface area contributed by atoms with Gasteiger partial charge in [0.25, 0.3) is 0 Å². The van der Waals surface area contributed by atoms with Gasteiger partial charge in [-0.25, -0.2) is 0 Å². The van der Waals surface area contributed by atoms with Crippen LogP contribution in [0.1, 0.15) is 17.5 Å². The number of hydrogen-bond acceptors (Lipinski definition) is 3. The Bertz CT molecular complexity index is 699. The Labute approximate surface area is 156 Å².